The number of pyridine rings is 6. The molecule has 0 bridgehead atoms. The quantitative estimate of drug-likeness (QED) is 0.0240. The highest BCUT2D eigenvalue weighted by molar-refractivity contribution is 6.31. The Balaban J connectivity index is 0.000000133. The van der Waals surface area contributed by atoms with Gasteiger partial charge in [0.15, 0.2) is 28.2 Å². The molecule has 16 aromatic rings. The number of carbonyl (C=O) groups is 5. The third-order valence-electron chi connectivity index (χ3n) is 24.0. The van der Waals surface area contributed by atoms with Crippen LogP contribution in [0.2, 0.25) is 15.5 Å². The first-order valence-corrected chi connectivity index (χ1v) is 47.3. The van der Waals surface area contributed by atoms with Gasteiger partial charge in [-0.3, -0.25) is 78.4 Å². The molecule has 0 aliphatic heterocycles. The maximum Gasteiger partial charge on any atom is 0.229 e. The van der Waals surface area contributed by atoms with E-state index in [2.05, 4.69) is 102 Å². The maximum absolute atomic E-state index is 13.4. The van der Waals surface area contributed by atoms with Crippen LogP contribution in [0, 0.1) is 37.8 Å². The molecule has 3 saturated carbocycles. The van der Waals surface area contributed by atoms with Crippen molar-refractivity contribution in [2.75, 3.05) is 26.6 Å². The van der Waals surface area contributed by atoms with Gasteiger partial charge in [-0.2, -0.15) is 4.98 Å². The number of benzene rings is 5. The molecule has 3 aliphatic rings. The van der Waals surface area contributed by atoms with E-state index >= 15 is 0 Å². The standard InChI is InChI=1S/C23H28N4O2.C21H17ClFN5O2.2C21H23ClN4O2.C18H19FN4O2/c1-23(2,3)14-19(28)25-22-24-18-12-13-20(29-15-16-8-5-4-6-9-16)26-21(18)27(22)17-10-7-11-17;1-21(30,16-4-2-3-11-24-16)12-18(29)27-20-25-15-9-10-17(22)26-19(15)28(20)14-7-5-13(23)6-8-14;2*1-13-11-16-19(25-18(13)22)26(15-9-6-10-15)20(23-16)24-17(27)12-21(2,28)14-7-4-3-5-8-14;1-11-4-9-14-16(20-11)23(13-7-5-12(19)6-8-13)17(21-14)22-15(24)10-18(2,3)25/h4-6,8-9,12-13,17H,7,10-11,14-15H2,1-3H3,(H,24,25,28);2-11,30H,12H2,1H3,(H,25,27,29);2*3-5,7-8,11,15,28H,6,9-10,12H2,1-2H3,(H,23,24,27);4-9,25H,10H2,1-3H3,(H,21,22,24)/t;3*21-;/m.110./s1. The summed E-state index contributed by atoms with van der Waals surface area (Å²) in [4.78, 5) is 112. The minimum absolute atomic E-state index is 0.0195. The Morgan fingerprint density at radius 2 is 0.757 bits per heavy atom. The van der Waals surface area contributed by atoms with Gasteiger partial charge in [-0.15, -0.1) is 0 Å². The van der Waals surface area contributed by atoms with Gasteiger partial charge in [0.25, 0.3) is 0 Å². The highest BCUT2D eigenvalue weighted by Crippen LogP contribution is 2.42. The van der Waals surface area contributed by atoms with Gasteiger partial charge in [-0.1, -0.05) is 153 Å². The van der Waals surface area contributed by atoms with E-state index in [0.717, 1.165) is 84.9 Å². The van der Waals surface area contributed by atoms with E-state index in [0.29, 0.717) is 126 Å². The third kappa shape index (κ3) is 24.8. The fourth-order valence-corrected chi connectivity index (χ4v) is 16.7. The molecule has 3 atom stereocenters. The van der Waals surface area contributed by atoms with Crippen LogP contribution >= 0.6 is 34.8 Å². The van der Waals surface area contributed by atoms with Crippen LogP contribution in [0.3, 0.4) is 0 Å². The zero-order valence-corrected chi connectivity index (χ0v) is 81.6. The number of aliphatic hydroxyl groups is 4. The average Bonchev–Trinajstić information content (AvgIpc) is 1.64. The Morgan fingerprint density at radius 1 is 0.386 bits per heavy atom. The van der Waals surface area contributed by atoms with Crippen LogP contribution in [-0.2, 0) is 47.4 Å². The Labute approximate surface area is 821 Å². The molecular weight excluding hydrogens is 1850 g/mol. The number of fused-ring (bicyclic) bond motifs is 5. The molecule has 19 rings (SSSR count). The fraction of sp³-hybridized carbons (Fsp3) is 0.327. The second-order valence-electron chi connectivity index (χ2n) is 37.8. The number of aromatic nitrogens is 16. The van der Waals surface area contributed by atoms with E-state index in [1.54, 1.807) is 97.6 Å². The van der Waals surface area contributed by atoms with Crippen LogP contribution in [-0.4, -0.2) is 133 Å². The lowest BCUT2D eigenvalue weighted by molar-refractivity contribution is -0.122. The number of imidazole rings is 5. The Hall–Kier alpha value is -13.9. The SMILES string of the molecule is CC(C)(C)CC(=O)Nc1nc2ccc(OCc3ccccc3)nc2n1C1CCC1.C[C@@](O)(CC(=O)Nc1nc2ccc(Cl)nc2n1-c1ccc(F)cc1)c1ccccn1.Cc1cc2nc(NC(=O)C[C@@](C)(O)c3ccccc3)n(C3CCC3)c2nc1Cl.Cc1cc2nc(NC(=O)C[C@](C)(O)c3ccccc3)n(C3CCC3)c2nc1Cl.Cc1ccc2nc(NC(=O)CC(C)(C)O)n(-c3ccc(F)cc3)c2n1. The molecule has 9 N–H and O–H groups in total. The Kier molecular flexibility index (Phi) is 30.7. The Morgan fingerprint density at radius 3 is 1.18 bits per heavy atom. The van der Waals surface area contributed by atoms with Gasteiger partial charge in [0.1, 0.15) is 66.9 Å². The first kappa shape index (κ1) is 101. The molecule has 5 aromatic carbocycles. The van der Waals surface area contributed by atoms with Gasteiger partial charge < -0.3 is 25.2 Å². The molecule has 0 unspecified atom stereocenters. The van der Waals surface area contributed by atoms with Gasteiger partial charge in [-0.25, -0.2) is 53.6 Å². The zero-order valence-electron chi connectivity index (χ0n) is 79.3. The number of anilines is 5. The summed E-state index contributed by atoms with van der Waals surface area (Å²) in [6.45, 7) is 20.2. The number of carbonyl (C=O) groups excluding carboxylic acids is 5. The predicted molar refractivity (Wildman–Crippen MR) is 537 cm³/mol. The monoisotopic (exact) mass is 1960 g/mol. The smallest absolute Gasteiger partial charge is 0.229 e. The second kappa shape index (κ2) is 42.8. The van der Waals surface area contributed by atoms with Crippen molar-refractivity contribution in [3.05, 3.63) is 279 Å². The summed E-state index contributed by atoms with van der Waals surface area (Å²) in [6, 6.07) is 60.3. The molecule has 3 aliphatic carbocycles. The molecule has 5 amide bonds. The predicted octanol–water partition coefficient (Wildman–Crippen LogP) is 20.6. The highest BCUT2D eigenvalue weighted by atomic mass is 35.5. The van der Waals surface area contributed by atoms with E-state index in [4.69, 9.17) is 44.5 Å². The molecule has 0 radical (unpaired) electrons. The summed E-state index contributed by atoms with van der Waals surface area (Å²) >= 11 is 18.5. The van der Waals surface area contributed by atoms with Gasteiger partial charge in [0, 0.05) is 42.5 Å². The van der Waals surface area contributed by atoms with Crippen LogP contribution in [0.25, 0.3) is 67.2 Å². The van der Waals surface area contributed by atoms with Crippen LogP contribution in [0.5, 0.6) is 5.88 Å². The lowest BCUT2D eigenvalue weighted by Gasteiger charge is -2.29. The summed E-state index contributed by atoms with van der Waals surface area (Å²) in [7, 11) is 0. The average molecular weight is 1960 g/mol. The summed E-state index contributed by atoms with van der Waals surface area (Å²) in [5.74, 6) is 0.303. The van der Waals surface area contributed by atoms with E-state index in [1.165, 1.54) is 37.6 Å². The summed E-state index contributed by atoms with van der Waals surface area (Å²) in [5.41, 5.74) is 7.69. The highest BCUT2D eigenvalue weighted by Gasteiger charge is 2.36. The van der Waals surface area contributed by atoms with Crippen molar-refractivity contribution in [3.8, 4) is 17.3 Å². The Bertz CT molecular complexity index is 6990. The van der Waals surface area contributed by atoms with Gasteiger partial charge >= 0.3 is 0 Å². The third-order valence-corrected chi connectivity index (χ3v) is 25.0. The molecular formula is C104H110Cl3F2N21O10. The van der Waals surface area contributed by atoms with Gasteiger partial charge in [0.05, 0.1) is 59.6 Å². The number of ether oxygens (including phenoxy) is 1. The molecule has 0 saturated heterocycles. The van der Waals surface area contributed by atoms with Gasteiger partial charge in [-0.05, 0) is 250 Å². The number of nitrogens with zero attached hydrogens (tertiary/aromatic N) is 16. The van der Waals surface area contributed by atoms with E-state index in [1.807, 2.05) is 157 Å². The normalized spacial score (nSPS) is 14.6. The summed E-state index contributed by atoms with van der Waals surface area (Å²) in [5, 5.41) is 57.4. The number of hydrogen-bond acceptors (Lipinski definition) is 21. The largest absolute Gasteiger partial charge is 0.473 e. The zero-order chi connectivity index (χ0) is 99.7. The topological polar surface area (TPSA) is 402 Å². The van der Waals surface area contributed by atoms with Crippen LogP contribution in [0.15, 0.2) is 212 Å². The lowest BCUT2D eigenvalue weighted by Crippen LogP contribution is -2.30. The van der Waals surface area contributed by atoms with Crippen molar-refractivity contribution in [2.45, 2.75) is 213 Å². The molecule has 3 fully saturated rings. The van der Waals surface area contributed by atoms with Crippen LogP contribution in [0.1, 0.15) is 203 Å². The number of halogens is 5. The molecule has 140 heavy (non-hydrogen) atoms. The minimum Gasteiger partial charge on any atom is -0.473 e. The summed E-state index contributed by atoms with van der Waals surface area (Å²) < 4.78 is 41.8. The fourth-order valence-electron chi connectivity index (χ4n) is 16.2. The number of rotatable bonds is 25. The number of nitrogens with one attached hydrogen (secondary N) is 5. The number of hydrogen-bond donors (Lipinski definition) is 9. The van der Waals surface area contributed by atoms with Crippen molar-refractivity contribution in [1.29, 1.82) is 0 Å². The second-order valence-corrected chi connectivity index (χ2v) is 39.0. The molecule has 726 valence electrons. The summed E-state index contributed by atoms with van der Waals surface area (Å²) in [6.07, 6.45) is 11.2. The van der Waals surface area contributed by atoms with E-state index in [-0.39, 0.29) is 89.7 Å². The first-order valence-electron chi connectivity index (χ1n) is 46.2. The van der Waals surface area contributed by atoms with E-state index in [9.17, 15) is 53.2 Å². The first-order chi connectivity index (χ1) is 66.6. The van der Waals surface area contributed by atoms with Crippen LogP contribution in [0.4, 0.5) is 38.5 Å². The lowest BCUT2D eigenvalue weighted by atomic mass is 9.92. The molecule has 11 aromatic heterocycles. The molecule has 0 spiro atoms. The van der Waals surface area contributed by atoms with Gasteiger partial charge in [0.2, 0.25) is 65.2 Å². The number of amides is 5. The molecule has 31 nitrogen and oxygen atoms in total. The maximum atomic E-state index is 13.4. The molecule has 11 heterocycles. The minimum atomic E-state index is -1.47. The number of aryl methyl sites for hydroxylation is 3. The van der Waals surface area contributed by atoms with Crippen LogP contribution < -0.4 is 31.3 Å². The van der Waals surface area contributed by atoms with Crippen molar-refractivity contribution >= 4 is 150 Å². The van der Waals surface area contributed by atoms with Crippen molar-refractivity contribution < 1.29 is 57.9 Å². The van der Waals surface area contributed by atoms with Crippen molar-refractivity contribution in [2.24, 2.45) is 5.41 Å². The molecule has 36 heteroatoms. The van der Waals surface area contributed by atoms with E-state index < -0.39 is 34.1 Å². The van der Waals surface area contributed by atoms with Crippen molar-refractivity contribution in [3.63, 3.8) is 0 Å². The van der Waals surface area contributed by atoms with Crippen molar-refractivity contribution in [1.82, 2.24) is 77.7 Å².